The maximum Gasteiger partial charge on any atom is 0.535 e. The summed E-state index contributed by atoms with van der Waals surface area (Å²) in [4.78, 5) is 11.3. The maximum absolute atomic E-state index is 11.3. The Kier molecular flexibility index (Phi) is 4.74. The van der Waals surface area contributed by atoms with Gasteiger partial charge in [0.25, 0.3) is 0 Å². The molecule has 18 heavy (non-hydrogen) atoms. The lowest BCUT2D eigenvalue weighted by Gasteiger charge is -2.14. The number of allylic oxidation sites excluding steroid dienone is 1. The highest BCUT2D eigenvalue weighted by atomic mass is 16.4. The van der Waals surface area contributed by atoms with E-state index in [1.54, 1.807) is 0 Å². The van der Waals surface area contributed by atoms with E-state index in [2.05, 4.69) is 23.1 Å². The van der Waals surface area contributed by atoms with Crippen molar-refractivity contribution in [1.82, 2.24) is 11.0 Å². The molecule has 0 bridgehead atoms. The summed E-state index contributed by atoms with van der Waals surface area (Å²) in [6, 6.07) is 0.0814. The van der Waals surface area contributed by atoms with Crippen molar-refractivity contribution in [2.24, 2.45) is 0 Å². The Hall–Kier alpha value is -0.910. The van der Waals surface area contributed by atoms with E-state index in [9.17, 15) is 9.90 Å². The third-order valence-corrected chi connectivity index (χ3v) is 3.81. The topological polar surface area (TPSA) is 61.4 Å². The molecule has 0 saturated carbocycles. The summed E-state index contributed by atoms with van der Waals surface area (Å²) in [5.41, 5.74) is 6.02. The molecule has 0 aromatic carbocycles. The van der Waals surface area contributed by atoms with E-state index in [-0.39, 0.29) is 10.6 Å². The highest BCUT2D eigenvalue weighted by Gasteiger charge is 2.62. The Morgan fingerprint density at radius 2 is 1.89 bits per heavy atom. The Balaban J connectivity index is 1.89. The molecule has 0 aromatic rings. The zero-order valence-electron chi connectivity index (χ0n) is 10.9. The summed E-state index contributed by atoms with van der Waals surface area (Å²) < 4.78 is -0.0590. The van der Waals surface area contributed by atoms with Crippen LogP contribution in [0.25, 0.3) is 0 Å². The third-order valence-electron chi connectivity index (χ3n) is 3.81. The first-order valence-corrected chi connectivity index (χ1v) is 7.04. The van der Waals surface area contributed by atoms with Gasteiger partial charge in [-0.1, -0.05) is 37.3 Å². The zero-order valence-corrected chi connectivity index (χ0v) is 10.9. The quantitative estimate of drug-likeness (QED) is 0.352. The molecule has 2 heterocycles. The van der Waals surface area contributed by atoms with Crippen molar-refractivity contribution < 1.29 is 14.5 Å². The molecule has 2 unspecified atom stereocenters. The van der Waals surface area contributed by atoms with Crippen molar-refractivity contribution >= 4 is 6.09 Å². The molecule has 0 spiro atoms. The van der Waals surface area contributed by atoms with Crippen LogP contribution in [0.5, 0.6) is 0 Å². The number of quaternary nitrogens is 1. The second-order valence-electron chi connectivity index (χ2n) is 5.28. The van der Waals surface area contributed by atoms with Crippen molar-refractivity contribution in [1.29, 1.82) is 0 Å². The van der Waals surface area contributed by atoms with Crippen LogP contribution in [0.3, 0.4) is 0 Å². The lowest BCUT2D eigenvalue weighted by molar-refractivity contribution is -0.790. The van der Waals surface area contributed by atoms with Gasteiger partial charge in [-0.05, 0) is 25.3 Å². The average Bonchev–Trinajstić information content (AvgIpc) is 3.05. The number of fused-ring (bicyclic) bond motifs is 1. The van der Waals surface area contributed by atoms with Crippen LogP contribution >= 0.6 is 0 Å². The van der Waals surface area contributed by atoms with Gasteiger partial charge < -0.3 is 5.11 Å². The number of nitrogens with one attached hydrogen (secondary N) is 2. The minimum atomic E-state index is -0.802. The van der Waals surface area contributed by atoms with Crippen LogP contribution in [-0.2, 0) is 0 Å². The minimum absolute atomic E-state index is 0.0590. The molecule has 1 amide bonds. The SMILES string of the molecule is O=C(O)[N+]12CC1/C=C/CCCCCCCCNN2. The lowest BCUT2D eigenvalue weighted by atomic mass is 10.1. The molecule has 0 radical (unpaired) electrons. The Bertz CT molecular complexity index is 319. The van der Waals surface area contributed by atoms with Crippen LogP contribution in [-0.4, -0.2) is 34.9 Å². The largest absolute Gasteiger partial charge is 0.535 e. The molecule has 5 heteroatoms. The fourth-order valence-electron chi connectivity index (χ4n) is 2.48. The molecule has 5 nitrogen and oxygen atoms in total. The Labute approximate surface area is 108 Å². The van der Waals surface area contributed by atoms with Gasteiger partial charge >= 0.3 is 6.09 Å². The van der Waals surface area contributed by atoms with Gasteiger partial charge in [-0.15, -0.1) is 4.59 Å². The maximum atomic E-state index is 11.3. The number of nitrogens with zero attached hydrogens (tertiary/aromatic N) is 1. The summed E-state index contributed by atoms with van der Waals surface area (Å²) in [5, 5.41) is 9.28. The number of hydrogen-bond acceptors (Lipinski definition) is 3. The van der Waals surface area contributed by atoms with Crippen LogP contribution in [0.4, 0.5) is 4.79 Å². The van der Waals surface area contributed by atoms with E-state index in [0.717, 1.165) is 19.4 Å². The van der Waals surface area contributed by atoms with Gasteiger partial charge in [-0.3, -0.25) is 0 Å². The summed E-state index contributed by atoms with van der Waals surface area (Å²) in [5.74, 6) is 0. The predicted octanol–water partition coefficient (Wildman–Crippen LogP) is 2.17. The van der Waals surface area contributed by atoms with Crippen molar-refractivity contribution in [2.45, 2.75) is 51.0 Å². The molecule has 2 rings (SSSR count). The first-order valence-electron chi connectivity index (χ1n) is 7.04. The predicted molar refractivity (Wildman–Crippen MR) is 69.5 cm³/mol. The normalized spacial score (nSPS) is 36.1. The fraction of sp³-hybridized carbons (Fsp3) is 0.769. The van der Waals surface area contributed by atoms with Crippen LogP contribution in [0.1, 0.15) is 44.9 Å². The van der Waals surface area contributed by atoms with Gasteiger partial charge in [0.1, 0.15) is 0 Å². The molecule has 1 saturated heterocycles. The van der Waals surface area contributed by atoms with Gasteiger partial charge in [0.05, 0.1) is 0 Å². The number of hydrogen-bond donors (Lipinski definition) is 3. The third kappa shape index (κ3) is 3.31. The molecular formula is C13H24N3O2+. The average molecular weight is 254 g/mol. The van der Waals surface area contributed by atoms with Crippen LogP contribution in [0, 0.1) is 0 Å². The lowest BCUT2D eigenvalue weighted by Crippen LogP contribution is -2.54. The Morgan fingerprint density at radius 1 is 1.17 bits per heavy atom. The monoisotopic (exact) mass is 254 g/mol. The number of hydrazine groups is 1. The van der Waals surface area contributed by atoms with E-state index in [1.807, 2.05) is 0 Å². The Morgan fingerprint density at radius 3 is 2.67 bits per heavy atom. The number of carboxylic acid groups (broad SMARTS) is 1. The summed E-state index contributed by atoms with van der Waals surface area (Å²) >= 11 is 0. The van der Waals surface area contributed by atoms with Crippen molar-refractivity contribution in [3.05, 3.63) is 12.2 Å². The van der Waals surface area contributed by atoms with E-state index >= 15 is 0 Å². The van der Waals surface area contributed by atoms with Crippen molar-refractivity contribution in [2.75, 3.05) is 13.1 Å². The smallest absolute Gasteiger partial charge is 0.434 e. The fourth-order valence-corrected chi connectivity index (χ4v) is 2.48. The summed E-state index contributed by atoms with van der Waals surface area (Å²) in [6.45, 7) is 1.47. The highest BCUT2D eigenvalue weighted by Crippen LogP contribution is 2.29. The van der Waals surface area contributed by atoms with Gasteiger partial charge in [-0.25, -0.2) is 5.43 Å². The molecule has 1 fully saturated rings. The van der Waals surface area contributed by atoms with E-state index in [0.29, 0.717) is 6.54 Å². The van der Waals surface area contributed by atoms with Gasteiger partial charge in [0, 0.05) is 6.54 Å². The minimum Gasteiger partial charge on any atom is -0.434 e. The van der Waals surface area contributed by atoms with Gasteiger partial charge in [-0.2, -0.15) is 4.79 Å². The molecular weight excluding hydrogens is 230 g/mol. The van der Waals surface area contributed by atoms with Crippen molar-refractivity contribution in [3.8, 4) is 0 Å². The molecule has 2 atom stereocenters. The van der Waals surface area contributed by atoms with Gasteiger partial charge in [0.2, 0.25) is 0 Å². The second kappa shape index (κ2) is 6.31. The summed E-state index contributed by atoms with van der Waals surface area (Å²) in [6.07, 6.45) is 11.9. The van der Waals surface area contributed by atoms with Crippen LogP contribution < -0.4 is 11.0 Å². The standard InChI is InChI=1S/C13H23N3O2/c17-13(18)16-11-12(16)9-7-5-3-1-2-4-6-8-10-14-15-16/h7,9,12,14-15H,1-6,8,10-11H2/p+1/b9-7+. The highest BCUT2D eigenvalue weighted by molar-refractivity contribution is 5.59. The molecule has 3 N–H and O–H groups in total. The van der Waals surface area contributed by atoms with E-state index in [4.69, 9.17) is 0 Å². The molecule has 2 aliphatic rings. The van der Waals surface area contributed by atoms with Crippen LogP contribution in [0.2, 0.25) is 0 Å². The number of carbonyl (C=O) groups is 1. The van der Waals surface area contributed by atoms with Crippen LogP contribution in [0.15, 0.2) is 12.2 Å². The van der Waals surface area contributed by atoms with E-state index in [1.165, 1.54) is 32.1 Å². The molecule has 102 valence electrons. The van der Waals surface area contributed by atoms with Crippen molar-refractivity contribution in [3.63, 3.8) is 0 Å². The van der Waals surface area contributed by atoms with Gasteiger partial charge in [0.15, 0.2) is 12.6 Å². The summed E-state index contributed by atoms with van der Waals surface area (Å²) in [7, 11) is 0. The first-order chi connectivity index (χ1) is 8.76. The molecule has 0 aliphatic carbocycles. The second-order valence-corrected chi connectivity index (χ2v) is 5.28. The number of rotatable bonds is 0. The zero-order chi connectivity index (χ0) is 12.8. The van der Waals surface area contributed by atoms with E-state index < -0.39 is 6.09 Å². The molecule has 2 aliphatic heterocycles. The molecule has 0 aromatic heterocycles. The first kappa shape index (κ1) is 13.5. The number of amides is 1.